The number of esters is 1. The standard InChI is InChI=1S/C16H14BrFN2O3/c1-3-22-16(21)12-8(2)23-15(20)10(7-19)13(12)9-5-4-6-11(17)14(9)18/h4-6,13H,3,20H2,1-2H3. The van der Waals surface area contributed by atoms with Crippen molar-refractivity contribution in [1.82, 2.24) is 0 Å². The Kier molecular flexibility index (Phi) is 5.06. The summed E-state index contributed by atoms with van der Waals surface area (Å²) < 4.78 is 25.0. The number of nitrogens with zero attached hydrogens (tertiary/aromatic N) is 1. The monoisotopic (exact) mass is 380 g/mol. The summed E-state index contributed by atoms with van der Waals surface area (Å²) in [5.74, 6) is -2.19. The number of nitriles is 1. The quantitative estimate of drug-likeness (QED) is 0.813. The van der Waals surface area contributed by atoms with Gasteiger partial charge in [-0.3, -0.25) is 0 Å². The normalized spacial score (nSPS) is 17.6. The fourth-order valence-corrected chi connectivity index (χ4v) is 2.79. The van der Waals surface area contributed by atoms with E-state index in [1.54, 1.807) is 13.0 Å². The summed E-state index contributed by atoms with van der Waals surface area (Å²) >= 11 is 3.10. The molecule has 1 aliphatic rings. The highest BCUT2D eigenvalue weighted by molar-refractivity contribution is 9.10. The smallest absolute Gasteiger partial charge is 0.338 e. The van der Waals surface area contributed by atoms with Crippen LogP contribution in [0.15, 0.2) is 45.5 Å². The van der Waals surface area contributed by atoms with E-state index in [1.807, 2.05) is 6.07 Å². The van der Waals surface area contributed by atoms with Crippen LogP contribution in [0.5, 0.6) is 0 Å². The Morgan fingerprint density at radius 3 is 2.87 bits per heavy atom. The summed E-state index contributed by atoms with van der Waals surface area (Å²) in [6, 6.07) is 6.53. The van der Waals surface area contributed by atoms with Gasteiger partial charge < -0.3 is 15.2 Å². The van der Waals surface area contributed by atoms with Gasteiger partial charge in [-0.2, -0.15) is 5.26 Å². The number of rotatable bonds is 3. The average Bonchev–Trinajstić information content (AvgIpc) is 2.49. The molecular weight excluding hydrogens is 367 g/mol. The maximum absolute atomic E-state index is 14.5. The molecule has 1 aliphatic heterocycles. The second-order valence-electron chi connectivity index (χ2n) is 4.76. The largest absolute Gasteiger partial charge is 0.463 e. The van der Waals surface area contributed by atoms with E-state index in [2.05, 4.69) is 15.9 Å². The molecule has 0 radical (unpaired) electrons. The van der Waals surface area contributed by atoms with Gasteiger partial charge in [0.15, 0.2) is 0 Å². The van der Waals surface area contributed by atoms with E-state index in [0.29, 0.717) is 0 Å². The number of halogens is 2. The molecule has 120 valence electrons. The Hall–Kier alpha value is -2.33. The van der Waals surface area contributed by atoms with Crippen molar-refractivity contribution in [2.75, 3.05) is 6.61 Å². The molecule has 2 N–H and O–H groups in total. The van der Waals surface area contributed by atoms with Crippen LogP contribution in [0.1, 0.15) is 25.3 Å². The van der Waals surface area contributed by atoms with Crippen LogP contribution in [0.3, 0.4) is 0 Å². The molecule has 0 amide bonds. The molecule has 0 aliphatic carbocycles. The fraction of sp³-hybridized carbons (Fsp3) is 0.250. The first-order valence-corrected chi connectivity index (χ1v) is 7.61. The predicted octanol–water partition coefficient (Wildman–Crippen LogP) is 3.23. The third kappa shape index (κ3) is 3.08. The molecule has 0 bridgehead atoms. The third-order valence-corrected chi connectivity index (χ3v) is 4.01. The molecule has 1 aromatic carbocycles. The van der Waals surface area contributed by atoms with Gasteiger partial charge in [0.2, 0.25) is 5.88 Å². The van der Waals surface area contributed by atoms with Crippen molar-refractivity contribution in [1.29, 1.82) is 5.26 Å². The molecule has 7 heteroatoms. The predicted molar refractivity (Wildman–Crippen MR) is 84.1 cm³/mol. The Morgan fingerprint density at radius 2 is 2.26 bits per heavy atom. The molecule has 23 heavy (non-hydrogen) atoms. The van der Waals surface area contributed by atoms with E-state index in [-0.39, 0.29) is 39.4 Å². The van der Waals surface area contributed by atoms with Crippen LogP contribution in [0.2, 0.25) is 0 Å². The lowest BCUT2D eigenvalue weighted by molar-refractivity contribution is -0.139. The minimum Gasteiger partial charge on any atom is -0.463 e. The van der Waals surface area contributed by atoms with Crippen LogP contribution in [0, 0.1) is 17.1 Å². The maximum atomic E-state index is 14.5. The van der Waals surface area contributed by atoms with Gasteiger partial charge in [-0.1, -0.05) is 12.1 Å². The summed E-state index contributed by atoms with van der Waals surface area (Å²) in [6.07, 6.45) is 0. The lowest BCUT2D eigenvalue weighted by Gasteiger charge is -2.27. The number of carbonyl (C=O) groups excluding carboxylic acids is 1. The van der Waals surface area contributed by atoms with E-state index in [1.165, 1.54) is 19.1 Å². The van der Waals surface area contributed by atoms with Gasteiger partial charge in [0.25, 0.3) is 0 Å². The van der Waals surface area contributed by atoms with Crippen LogP contribution >= 0.6 is 15.9 Å². The van der Waals surface area contributed by atoms with Crippen LogP contribution in [0.4, 0.5) is 4.39 Å². The van der Waals surface area contributed by atoms with Crippen molar-refractivity contribution in [2.45, 2.75) is 19.8 Å². The number of benzene rings is 1. The SMILES string of the molecule is CCOC(=O)C1=C(C)OC(N)=C(C#N)C1c1cccc(Br)c1F. The van der Waals surface area contributed by atoms with E-state index in [4.69, 9.17) is 15.2 Å². The van der Waals surface area contributed by atoms with E-state index in [9.17, 15) is 14.4 Å². The van der Waals surface area contributed by atoms with Crippen molar-refractivity contribution in [3.63, 3.8) is 0 Å². The number of ether oxygens (including phenoxy) is 2. The van der Waals surface area contributed by atoms with Crippen LogP contribution in [0.25, 0.3) is 0 Å². The molecule has 0 saturated heterocycles. The first-order valence-electron chi connectivity index (χ1n) is 6.81. The summed E-state index contributed by atoms with van der Waals surface area (Å²) in [6.45, 7) is 3.32. The fourth-order valence-electron chi connectivity index (χ4n) is 2.41. The van der Waals surface area contributed by atoms with Crippen molar-refractivity contribution >= 4 is 21.9 Å². The molecular formula is C16H14BrFN2O3. The lowest BCUT2D eigenvalue weighted by Crippen LogP contribution is -2.26. The molecule has 2 rings (SSSR count). The molecule has 1 atom stereocenters. The first-order chi connectivity index (χ1) is 10.9. The van der Waals surface area contributed by atoms with Gasteiger partial charge in [-0.25, -0.2) is 9.18 Å². The first kappa shape index (κ1) is 17.0. The Balaban J connectivity index is 2.69. The minimum atomic E-state index is -0.981. The molecule has 0 saturated carbocycles. The van der Waals surface area contributed by atoms with E-state index in [0.717, 1.165) is 0 Å². The third-order valence-electron chi connectivity index (χ3n) is 3.39. The van der Waals surface area contributed by atoms with Crippen LogP contribution < -0.4 is 5.73 Å². The Labute approximate surface area is 141 Å². The van der Waals surface area contributed by atoms with Gasteiger partial charge in [-0.15, -0.1) is 0 Å². The van der Waals surface area contributed by atoms with Gasteiger partial charge in [0, 0.05) is 5.56 Å². The van der Waals surface area contributed by atoms with Crippen LogP contribution in [-0.4, -0.2) is 12.6 Å². The zero-order chi connectivity index (χ0) is 17.1. The number of carbonyl (C=O) groups is 1. The maximum Gasteiger partial charge on any atom is 0.338 e. The number of hydrogen-bond donors (Lipinski definition) is 1. The molecule has 0 fully saturated rings. The summed E-state index contributed by atoms with van der Waals surface area (Å²) in [5, 5.41) is 9.39. The minimum absolute atomic E-state index is 0.0318. The lowest BCUT2D eigenvalue weighted by atomic mass is 9.83. The highest BCUT2D eigenvalue weighted by atomic mass is 79.9. The molecule has 5 nitrogen and oxygen atoms in total. The zero-order valence-corrected chi connectivity index (χ0v) is 14.1. The summed E-state index contributed by atoms with van der Waals surface area (Å²) in [4.78, 5) is 12.3. The number of nitrogens with two attached hydrogens (primary N) is 1. The second kappa shape index (κ2) is 6.84. The van der Waals surface area contributed by atoms with Gasteiger partial charge >= 0.3 is 5.97 Å². The Bertz CT molecular complexity index is 765. The molecule has 1 heterocycles. The molecule has 1 unspecified atom stereocenters. The van der Waals surface area contributed by atoms with Crippen molar-refractivity contribution in [3.8, 4) is 6.07 Å². The van der Waals surface area contributed by atoms with Crippen molar-refractivity contribution < 1.29 is 18.7 Å². The highest BCUT2D eigenvalue weighted by Crippen LogP contribution is 2.41. The highest BCUT2D eigenvalue weighted by Gasteiger charge is 2.37. The molecule has 0 spiro atoms. The Morgan fingerprint density at radius 1 is 1.57 bits per heavy atom. The molecule has 0 aromatic heterocycles. The van der Waals surface area contributed by atoms with Gasteiger partial charge in [0.05, 0.1) is 22.6 Å². The average molecular weight is 381 g/mol. The second-order valence-corrected chi connectivity index (χ2v) is 5.61. The summed E-state index contributed by atoms with van der Waals surface area (Å²) in [7, 11) is 0. The van der Waals surface area contributed by atoms with E-state index >= 15 is 0 Å². The van der Waals surface area contributed by atoms with Gasteiger partial charge in [0.1, 0.15) is 23.2 Å². The van der Waals surface area contributed by atoms with E-state index < -0.39 is 17.7 Å². The number of hydrogen-bond acceptors (Lipinski definition) is 5. The topological polar surface area (TPSA) is 85.3 Å². The molecule has 1 aromatic rings. The van der Waals surface area contributed by atoms with Gasteiger partial charge in [-0.05, 0) is 35.8 Å². The van der Waals surface area contributed by atoms with Crippen LogP contribution in [-0.2, 0) is 14.3 Å². The van der Waals surface area contributed by atoms with Crippen molar-refractivity contribution in [3.05, 3.63) is 56.8 Å². The van der Waals surface area contributed by atoms with Crippen molar-refractivity contribution in [2.24, 2.45) is 5.73 Å². The summed E-state index contributed by atoms with van der Waals surface area (Å²) in [5.41, 5.74) is 5.92. The zero-order valence-electron chi connectivity index (χ0n) is 12.5. The number of allylic oxidation sites excluding steroid dienone is 2.